The summed E-state index contributed by atoms with van der Waals surface area (Å²) >= 11 is 0. The van der Waals surface area contributed by atoms with Gasteiger partial charge >= 0.3 is 0 Å². The molecule has 0 spiro atoms. The second-order valence-corrected chi connectivity index (χ2v) is 3.82. The lowest BCUT2D eigenvalue weighted by molar-refractivity contribution is 0.515. The predicted octanol–water partition coefficient (Wildman–Crippen LogP) is 0.876. The van der Waals surface area contributed by atoms with E-state index in [4.69, 9.17) is 5.73 Å². The Morgan fingerprint density at radius 2 is 2.50 bits per heavy atom. The Morgan fingerprint density at radius 3 is 3.21 bits per heavy atom. The van der Waals surface area contributed by atoms with Gasteiger partial charge in [-0.25, -0.2) is 0 Å². The normalized spacial score (nSPS) is 26.6. The first kappa shape index (κ1) is 9.62. The van der Waals surface area contributed by atoms with E-state index >= 15 is 0 Å². The molecule has 0 bridgehead atoms. The summed E-state index contributed by atoms with van der Waals surface area (Å²) in [7, 11) is 0. The Kier molecular flexibility index (Phi) is 3.11. The van der Waals surface area contributed by atoms with E-state index in [1.54, 1.807) is 0 Å². The van der Waals surface area contributed by atoms with E-state index in [0.717, 1.165) is 19.5 Å². The maximum atomic E-state index is 5.59. The van der Waals surface area contributed by atoms with Crippen LogP contribution >= 0.6 is 0 Å². The highest BCUT2D eigenvalue weighted by Crippen LogP contribution is 2.28. The number of nitrogens with zero attached hydrogens (tertiary/aromatic N) is 1. The average Bonchev–Trinajstić information content (AvgIpc) is 2.68. The molecular formula is C11H17N3. The second-order valence-electron chi connectivity index (χ2n) is 3.82. The molecule has 0 saturated carbocycles. The number of rotatable bonds is 3. The van der Waals surface area contributed by atoms with Crippen molar-refractivity contribution < 1.29 is 0 Å². The van der Waals surface area contributed by atoms with E-state index in [-0.39, 0.29) is 0 Å². The smallest absolute Gasteiger partial charge is 0.0303 e. The molecular weight excluding hydrogens is 174 g/mol. The van der Waals surface area contributed by atoms with Crippen LogP contribution in [0.15, 0.2) is 24.5 Å². The van der Waals surface area contributed by atoms with Gasteiger partial charge < -0.3 is 11.1 Å². The number of hydrogen-bond acceptors (Lipinski definition) is 3. The van der Waals surface area contributed by atoms with Crippen molar-refractivity contribution in [2.75, 3.05) is 13.1 Å². The van der Waals surface area contributed by atoms with Crippen molar-refractivity contribution in [2.45, 2.75) is 24.8 Å². The van der Waals surface area contributed by atoms with Gasteiger partial charge in [-0.1, -0.05) is 6.07 Å². The lowest BCUT2D eigenvalue weighted by atomic mass is 9.91. The summed E-state index contributed by atoms with van der Waals surface area (Å²) in [6.45, 7) is 1.86. The third-order valence-electron chi connectivity index (χ3n) is 2.94. The topological polar surface area (TPSA) is 50.9 Å². The van der Waals surface area contributed by atoms with E-state index < -0.39 is 0 Å². The molecule has 3 N–H and O–H groups in total. The molecule has 2 heterocycles. The van der Waals surface area contributed by atoms with Gasteiger partial charge in [-0.05, 0) is 37.6 Å². The number of nitrogens with one attached hydrogen (secondary N) is 1. The van der Waals surface area contributed by atoms with Crippen molar-refractivity contribution in [3.05, 3.63) is 30.1 Å². The number of hydrogen-bond donors (Lipinski definition) is 2. The van der Waals surface area contributed by atoms with E-state index in [9.17, 15) is 0 Å². The lowest BCUT2D eigenvalue weighted by Gasteiger charge is -2.18. The van der Waals surface area contributed by atoms with Gasteiger partial charge in [-0.2, -0.15) is 0 Å². The predicted molar refractivity (Wildman–Crippen MR) is 57.1 cm³/mol. The van der Waals surface area contributed by atoms with Crippen LogP contribution in [0.2, 0.25) is 0 Å². The Hall–Kier alpha value is -0.930. The molecule has 3 nitrogen and oxygen atoms in total. The van der Waals surface area contributed by atoms with Gasteiger partial charge in [-0.3, -0.25) is 4.98 Å². The molecule has 1 aromatic heterocycles. The highest BCUT2D eigenvalue weighted by molar-refractivity contribution is 5.18. The first-order valence-corrected chi connectivity index (χ1v) is 5.25. The fourth-order valence-corrected chi connectivity index (χ4v) is 2.24. The third-order valence-corrected chi connectivity index (χ3v) is 2.94. The average molecular weight is 191 g/mol. The van der Waals surface area contributed by atoms with Crippen molar-refractivity contribution in [1.29, 1.82) is 0 Å². The fourth-order valence-electron chi connectivity index (χ4n) is 2.24. The highest BCUT2D eigenvalue weighted by Gasteiger charge is 2.27. The van der Waals surface area contributed by atoms with Gasteiger partial charge in [0.1, 0.15) is 0 Å². The standard InChI is InChI=1S/C11H17N3/c12-5-3-11-10(4-7-14-11)9-2-1-6-13-8-9/h1-2,6,8,10-11,14H,3-5,7,12H2. The van der Waals surface area contributed by atoms with Crippen LogP contribution < -0.4 is 11.1 Å². The molecule has 0 aromatic carbocycles. The minimum Gasteiger partial charge on any atom is -0.330 e. The zero-order chi connectivity index (χ0) is 9.80. The Morgan fingerprint density at radius 1 is 1.57 bits per heavy atom. The zero-order valence-corrected chi connectivity index (χ0v) is 8.32. The minimum atomic E-state index is 0.546. The molecule has 14 heavy (non-hydrogen) atoms. The maximum absolute atomic E-state index is 5.59. The monoisotopic (exact) mass is 191 g/mol. The van der Waals surface area contributed by atoms with Gasteiger partial charge in [0.15, 0.2) is 0 Å². The van der Waals surface area contributed by atoms with Gasteiger partial charge in [-0.15, -0.1) is 0 Å². The van der Waals surface area contributed by atoms with E-state index in [2.05, 4.69) is 16.4 Å². The molecule has 2 rings (SSSR count). The first-order chi connectivity index (χ1) is 6.92. The number of nitrogens with two attached hydrogens (primary N) is 1. The summed E-state index contributed by atoms with van der Waals surface area (Å²) in [5, 5.41) is 3.50. The molecule has 76 valence electrons. The van der Waals surface area contributed by atoms with E-state index in [1.165, 1.54) is 12.0 Å². The largest absolute Gasteiger partial charge is 0.330 e. The molecule has 2 unspecified atom stereocenters. The quantitative estimate of drug-likeness (QED) is 0.745. The summed E-state index contributed by atoms with van der Waals surface area (Å²) in [6.07, 6.45) is 6.06. The van der Waals surface area contributed by atoms with Crippen LogP contribution in [0, 0.1) is 0 Å². The third kappa shape index (κ3) is 1.94. The second kappa shape index (κ2) is 4.53. The fraction of sp³-hybridized carbons (Fsp3) is 0.545. The summed E-state index contributed by atoms with van der Waals surface area (Å²) in [5.74, 6) is 0.604. The van der Waals surface area contributed by atoms with Crippen LogP contribution in [0.1, 0.15) is 24.3 Å². The highest BCUT2D eigenvalue weighted by atomic mass is 15.0. The Bertz CT molecular complexity index is 273. The van der Waals surface area contributed by atoms with Gasteiger partial charge in [0.2, 0.25) is 0 Å². The van der Waals surface area contributed by atoms with Crippen LogP contribution in [0.3, 0.4) is 0 Å². The van der Waals surface area contributed by atoms with Crippen molar-refractivity contribution in [2.24, 2.45) is 5.73 Å². The first-order valence-electron chi connectivity index (χ1n) is 5.25. The van der Waals surface area contributed by atoms with Crippen molar-refractivity contribution in [3.8, 4) is 0 Å². The molecule has 1 aliphatic heterocycles. The van der Waals surface area contributed by atoms with Gasteiger partial charge in [0.25, 0.3) is 0 Å². The molecule has 1 fully saturated rings. The molecule has 0 radical (unpaired) electrons. The molecule has 0 aliphatic carbocycles. The van der Waals surface area contributed by atoms with Crippen molar-refractivity contribution >= 4 is 0 Å². The van der Waals surface area contributed by atoms with Crippen LogP contribution in [-0.4, -0.2) is 24.1 Å². The SMILES string of the molecule is NCCC1NCCC1c1cccnc1. The summed E-state index contributed by atoms with van der Waals surface area (Å²) in [6, 6.07) is 4.71. The molecule has 1 aromatic rings. The van der Waals surface area contributed by atoms with Gasteiger partial charge in [0, 0.05) is 24.4 Å². The van der Waals surface area contributed by atoms with Crippen molar-refractivity contribution in [1.82, 2.24) is 10.3 Å². The van der Waals surface area contributed by atoms with Gasteiger partial charge in [0.05, 0.1) is 0 Å². The Balaban J connectivity index is 2.10. The summed E-state index contributed by atoms with van der Waals surface area (Å²) in [5.41, 5.74) is 6.94. The summed E-state index contributed by atoms with van der Waals surface area (Å²) < 4.78 is 0. The molecule has 3 heteroatoms. The minimum absolute atomic E-state index is 0.546. The molecule has 1 saturated heterocycles. The zero-order valence-electron chi connectivity index (χ0n) is 8.32. The van der Waals surface area contributed by atoms with E-state index in [1.807, 2.05) is 18.5 Å². The summed E-state index contributed by atoms with van der Waals surface area (Å²) in [4.78, 5) is 4.16. The number of aromatic nitrogens is 1. The van der Waals surface area contributed by atoms with Crippen LogP contribution in [-0.2, 0) is 0 Å². The Labute approximate surface area is 84.7 Å². The molecule has 1 aliphatic rings. The lowest BCUT2D eigenvalue weighted by Crippen LogP contribution is -2.28. The molecule has 0 amide bonds. The van der Waals surface area contributed by atoms with Crippen LogP contribution in [0.4, 0.5) is 0 Å². The number of pyridine rings is 1. The van der Waals surface area contributed by atoms with Crippen LogP contribution in [0.25, 0.3) is 0 Å². The maximum Gasteiger partial charge on any atom is 0.0303 e. The van der Waals surface area contributed by atoms with Crippen LogP contribution in [0.5, 0.6) is 0 Å². The molecule has 2 atom stereocenters. The van der Waals surface area contributed by atoms with E-state index in [0.29, 0.717) is 12.0 Å². The van der Waals surface area contributed by atoms with Crippen molar-refractivity contribution in [3.63, 3.8) is 0 Å².